The number of aromatic nitrogens is 4. The third kappa shape index (κ3) is 4.82. The van der Waals surface area contributed by atoms with E-state index in [9.17, 15) is 18.0 Å². The van der Waals surface area contributed by atoms with E-state index in [0.29, 0.717) is 55.6 Å². The van der Waals surface area contributed by atoms with Crippen LogP contribution in [0.15, 0.2) is 42.5 Å². The second-order valence-corrected chi connectivity index (χ2v) is 10.2. The lowest BCUT2D eigenvalue weighted by molar-refractivity contribution is -0.137. The molecule has 196 valence electrons. The Labute approximate surface area is 214 Å². The molecule has 5 rings (SSSR count). The zero-order valence-electron chi connectivity index (χ0n) is 21.3. The van der Waals surface area contributed by atoms with Crippen molar-refractivity contribution in [3.63, 3.8) is 0 Å². The third-order valence-electron chi connectivity index (χ3n) is 7.25. The number of fused-ring (bicyclic) bond motifs is 3. The molecule has 1 amide bonds. The fraction of sp³-hybridized carbons (Fsp3) is 0.444. The minimum atomic E-state index is -4.39. The van der Waals surface area contributed by atoms with Crippen molar-refractivity contribution in [2.45, 2.75) is 51.5 Å². The Balaban J connectivity index is 1.49. The van der Waals surface area contributed by atoms with Crippen LogP contribution in [0.5, 0.6) is 0 Å². The number of carbonyl (C=O) groups excluding carboxylic acids is 1. The number of aryl methyl sites for hydroxylation is 1. The normalized spacial score (nSPS) is 16.1. The molecular weight excluding hydrogens is 481 g/mol. The van der Waals surface area contributed by atoms with Gasteiger partial charge in [0.2, 0.25) is 0 Å². The minimum absolute atomic E-state index is 0.0745. The molecule has 0 N–H and O–H groups in total. The number of likely N-dealkylation sites (tertiary alicyclic amines) is 1. The highest BCUT2D eigenvalue weighted by Crippen LogP contribution is 2.38. The van der Waals surface area contributed by atoms with E-state index in [-0.39, 0.29) is 5.91 Å². The van der Waals surface area contributed by atoms with Crippen LogP contribution in [0.3, 0.4) is 0 Å². The van der Waals surface area contributed by atoms with E-state index in [1.807, 2.05) is 27.3 Å². The van der Waals surface area contributed by atoms with Crippen LogP contribution in [0.25, 0.3) is 22.6 Å². The average molecular weight is 513 g/mol. The van der Waals surface area contributed by atoms with Crippen molar-refractivity contribution >= 4 is 5.91 Å². The van der Waals surface area contributed by atoms with Gasteiger partial charge in [0.25, 0.3) is 5.91 Å². The smallest absolute Gasteiger partial charge is 0.337 e. The minimum Gasteiger partial charge on any atom is -0.337 e. The Kier molecular flexibility index (Phi) is 6.47. The Hall–Kier alpha value is -3.40. The summed E-state index contributed by atoms with van der Waals surface area (Å²) in [6.07, 6.45) is -1.93. The lowest BCUT2D eigenvalue weighted by atomic mass is 9.98. The highest BCUT2D eigenvalue weighted by atomic mass is 19.4. The maximum absolute atomic E-state index is 13.3. The molecule has 1 aromatic carbocycles. The Morgan fingerprint density at radius 3 is 2.38 bits per heavy atom. The van der Waals surface area contributed by atoms with Gasteiger partial charge in [-0.1, -0.05) is 24.3 Å². The van der Waals surface area contributed by atoms with Gasteiger partial charge in [-0.2, -0.15) is 23.4 Å². The summed E-state index contributed by atoms with van der Waals surface area (Å²) < 4.78 is 42.9. The van der Waals surface area contributed by atoms with E-state index in [1.54, 1.807) is 0 Å². The first-order valence-electron chi connectivity index (χ1n) is 12.5. The van der Waals surface area contributed by atoms with E-state index >= 15 is 0 Å². The number of hydrogen-bond donors (Lipinski definition) is 0. The summed E-state index contributed by atoms with van der Waals surface area (Å²) in [5.41, 5.74) is 4.45. The maximum Gasteiger partial charge on any atom is 0.416 e. The molecule has 2 aliphatic rings. The molecule has 0 aliphatic carbocycles. The standard InChI is InChI=1S/C27H31F3N6O/c1-17(2)16-36-25-21(24(32-36)18-5-7-19(8-6-18)27(28,29)30)11-14-35-23(25)15-22(31-35)26(37)34-12-9-20(10-13-34)33(3)4/h5-8,15,20H,1,9-14,16H2,2-4H3. The number of carbonyl (C=O) groups is 1. The number of allylic oxidation sites excluding steroid dienone is 1. The molecule has 2 aliphatic heterocycles. The number of halogens is 3. The highest BCUT2D eigenvalue weighted by molar-refractivity contribution is 5.94. The fourth-order valence-corrected chi connectivity index (χ4v) is 5.29. The predicted molar refractivity (Wildman–Crippen MR) is 135 cm³/mol. The van der Waals surface area contributed by atoms with Crippen LogP contribution < -0.4 is 0 Å². The Morgan fingerprint density at radius 2 is 1.78 bits per heavy atom. The summed E-state index contributed by atoms with van der Waals surface area (Å²) in [5, 5.41) is 9.44. The van der Waals surface area contributed by atoms with Crippen molar-refractivity contribution in [1.29, 1.82) is 0 Å². The van der Waals surface area contributed by atoms with Gasteiger partial charge in [0.15, 0.2) is 5.69 Å². The summed E-state index contributed by atoms with van der Waals surface area (Å²) in [5.74, 6) is -0.0745. The molecule has 0 bridgehead atoms. The van der Waals surface area contributed by atoms with E-state index < -0.39 is 11.7 Å². The summed E-state index contributed by atoms with van der Waals surface area (Å²) in [6.45, 7) is 8.32. The van der Waals surface area contributed by atoms with Gasteiger partial charge < -0.3 is 9.80 Å². The van der Waals surface area contributed by atoms with Crippen molar-refractivity contribution in [3.05, 3.63) is 59.3 Å². The zero-order valence-corrected chi connectivity index (χ0v) is 21.3. The van der Waals surface area contributed by atoms with Gasteiger partial charge in [0, 0.05) is 36.8 Å². The van der Waals surface area contributed by atoms with Gasteiger partial charge in [-0.15, -0.1) is 0 Å². The van der Waals surface area contributed by atoms with E-state index in [4.69, 9.17) is 5.10 Å². The van der Waals surface area contributed by atoms with Crippen LogP contribution in [0.2, 0.25) is 0 Å². The molecular formula is C27H31F3N6O. The molecule has 37 heavy (non-hydrogen) atoms. The van der Waals surface area contributed by atoms with Crippen molar-refractivity contribution in [1.82, 2.24) is 29.4 Å². The monoisotopic (exact) mass is 512 g/mol. The lowest BCUT2D eigenvalue weighted by Gasteiger charge is -2.34. The van der Waals surface area contributed by atoms with E-state index in [2.05, 4.69) is 30.7 Å². The zero-order chi connectivity index (χ0) is 26.5. The highest BCUT2D eigenvalue weighted by Gasteiger charge is 2.33. The molecule has 2 aromatic heterocycles. The van der Waals surface area contributed by atoms with Gasteiger partial charge in [-0.3, -0.25) is 14.2 Å². The van der Waals surface area contributed by atoms with Crippen molar-refractivity contribution in [2.75, 3.05) is 27.2 Å². The molecule has 0 radical (unpaired) electrons. The van der Waals surface area contributed by atoms with Crippen molar-refractivity contribution in [2.24, 2.45) is 0 Å². The van der Waals surface area contributed by atoms with Gasteiger partial charge >= 0.3 is 6.18 Å². The summed E-state index contributed by atoms with van der Waals surface area (Å²) in [4.78, 5) is 17.4. The molecule has 3 aromatic rings. The van der Waals surface area contributed by atoms with Crippen molar-refractivity contribution in [3.8, 4) is 22.6 Å². The Morgan fingerprint density at radius 1 is 1.11 bits per heavy atom. The topological polar surface area (TPSA) is 59.2 Å². The van der Waals surface area contributed by atoms with Crippen molar-refractivity contribution < 1.29 is 18.0 Å². The van der Waals surface area contributed by atoms with Crippen LogP contribution >= 0.6 is 0 Å². The Bertz CT molecular complexity index is 1330. The number of rotatable bonds is 5. The van der Waals surface area contributed by atoms with Crippen LogP contribution in [0.1, 0.15) is 41.4 Å². The first kappa shape index (κ1) is 25.3. The predicted octanol–water partition coefficient (Wildman–Crippen LogP) is 4.73. The molecule has 0 spiro atoms. The number of alkyl halides is 3. The molecule has 0 atom stereocenters. The van der Waals surface area contributed by atoms with E-state index in [0.717, 1.165) is 47.5 Å². The summed E-state index contributed by atoms with van der Waals surface area (Å²) in [7, 11) is 4.13. The molecule has 7 nitrogen and oxygen atoms in total. The number of amides is 1. The number of piperidine rings is 1. The lowest BCUT2D eigenvalue weighted by Crippen LogP contribution is -2.44. The maximum atomic E-state index is 13.3. The average Bonchev–Trinajstić information content (AvgIpc) is 3.44. The molecule has 1 saturated heterocycles. The molecule has 10 heteroatoms. The SMILES string of the molecule is C=C(C)Cn1nc(-c2ccc(C(F)(F)F)cc2)c2c1-c1cc(C(=O)N3CCC(N(C)C)CC3)nn1CC2. The molecule has 4 heterocycles. The largest absolute Gasteiger partial charge is 0.416 e. The second-order valence-electron chi connectivity index (χ2n) is 10.2. The first-order valence-corrected chi connectivity index (χ1v) is 12.5. The summed E-state index contributed by atoms with van der Waals surface area (Å²) in [6, 6.07) is 7.41. The number of benzene rings is 1. The molecule has 1 fully saturated rings. The summed E-state index contributed by atoms with van der Waals surface area (Å²) >= 11 is 0. The molecule has 0 unspecified atom stereocenters. The second kappa shape index (κ2) is 9.48. The first-order chi connectivity index (χ1) is 17.5. The molecule has 0 saturated carbocycles. The van der Waals surface area contributed by atoms with Gasteiger partial charge in [0.1, 0.15) is 0 Å². The van der Waals surface area contributed by atoms with Gasteiger partial charge in [-0.05, 0) is 58.5 Å². The van der Waals surface area contributed by atoms with Gasteiger partial charge in [0.05, 0.1) is 29.2 Å². The van der Waals surface area contributed by atoms with Crippen LogP contribution in [0.4, 0.5) is 13.2 Å². The van der Waals surface area contributed by atoms with Crippen LogP contribution in [0, 0.1) is 0 Å². The number of hydrogen-bond acceptors (Lipinski definition) is 4. The van der Waals surface area contributed by atoms with E-state index in [1.165, 1.54) is 12.1 Å². The third-order valence-corrected chi connectivity index (χ3v) is 7.25. The van der Waals surface area contributed by atoms with Crippen LogP contribution in [-0.4, -0.2) is 68.5 Å². The fourth-order valence-electron chi connectivity index (χ4n) is 5.29. The quantitative estimate of drug-likeness (QED) is 0.464. The van der Waals surface area contributed by atoms with Gasteiger partial charge in [-0.25, -0.2) is 0 Å². The van der Waals surface area contributed by atoms with Crippen LogP contribution in [-0.2, 0) is 25.7 Å². The number of nitrogens with zero attached hydrogens (tertiary/aromatic N) is 6.